The lowest BCUT2D eigenvalue weighted by Gasteiger charge is -2.12. The van der Waals surface area contributed by atoms with Crippen LogP contribution in [0.5, 0.6) is 5.75 Å². The first-order chi connectivity index (χ1) is 14.6. The maximum atomic E-state index is 12.4. The highest BCUT2D eigenvalue weighted by atomic mass is 16.3. The van der Waals surface area contributed by atoms with Gasteiger partial charge < -0.3 is 9.67 Å². The van der Waals surface area contributed by atoms with E-state index < -0.39 is 0 Å². The van der Waals surface area contributed by atoms with Crippen LogP contribution in [0.4, 0.5) is 0 Å². The van der Waals surface area contributed by atoms with Crippen LogP contribution in [0.25, 0.3) is 16.9 Å². The van der Waals surface area contributed by atoms with Crippen LogP contribution in [0.1, 0.15) is 21.6 Å². The smallest absolute Gasteiger partial charge is 0.271 e. The molecule has 4 aromatic rings. The lowest BCUT2D eigenvalue weighted by molar-refractivity contribution is 0.0955. The van der Waals surface area contributed by atoms with Crippen LogP contribution in [-0.2, 0) is 0 Å². The monoisotopic (exact) mass is 395 g/mol. The minimum absolute atomic E-state index is 0.149. The number of amides is 1. The zero-order chi connectivity index (χ0) is 20.9. The van der Waals surface area contributed by atoms with Crippen molar-refractivity contribution in [1.82, 2.24) is 9.99 Å². The van der Waals surface area contributed by atoms with E-state index in [2.05, 4.69) is 46.3 Å². The Balaban J connectivity index is 1.51. The van der Waals surface area contributed by atoms with Crippen molar-refractivity contribution >= 4 is 12.1 Å². The number of nitrogens with zero attached hydrogens (tertiary/aromatic N) is 2. The van der Waals surface area contributed by atoms with E-state index in [1.807, 2.05) is 30.3 Å². The second kappa shape index (κ2) is 8.49. The second-order valence-electron chi connectivity index (χ2n) is 6.90. The molecule has 0 bridgehead atoms. The van der Waals surface area contributed by atoms with Crippen molar-refractivity contribution in [2.75, 3.05) is 0 Å². The summed E-state index contributed by atoms with van der Waals surface area (Å²) in [7, 11) is 0. The number of aryl methyl sites for hydroxylation is 1. The molecule has 0 atom stereocenters. The number of hydrazone groups is 1. The lowest BCUT2D eigenvalue weighted by Crippen LogP contribution is -2.17. The van der Waals surface area contributed by atoms with E-state index in [0.717, 1.165) is 22.6 Å². The molecule has 0 aliphatic heterocycles. The third kappa shape index (κ3) is 4.15. The van der Waals surface area contributed by atoms with Crippen LogP contribution in [0.2, 0.25) is 0 Å². The molecule has 0 aliphatic carbocycles. The molecule has 5 heteroatoms. The van der Waals surface area contributed by atoms with Gasteiger partial charge in [-0.25, -0.2) is 5.43 Å². The number of aromatic nitrogens is 1. The summed E-state index contributed by atoms with van der Waals surface area (Å²) in [4.78, 5) is 12.4. The Kier molecular flexibility index (Phi) is 5.44. The van der Waals surface area contributed by atoms with Gasteiger partial charge in [0.2, 0.25) is 0 Å². The summed E-state index contributed by atoms with van der Waals surface area (Å²) in [6.07, 6.45) is 1.49. The van der Waals surface area contributed by atoms with E-state index in [-0.39, 0.29) is 11.7 Å². The fourth-order valence-corrected chi connectivity index (χ4v) is 3.31. The molecule has 4 rings (SSSR count). The molecule has 0 spiro atoms. The van der Waals surface area contributed by atoms with E-state index >= 15 is 0 Å². The highest BCUT2D eigenvalue weighted by Gasteiger charge is 2.10. The van der Waals surface area contributed by atoms with Crippen molar-refractivity contribution in [2.24, 2.45) is 5.10 Å². The molecule has 30 heavy (non-hydrogen) atoms. The molecule has 0 unspecified atom stereocenters. The van der Waals surface area contributed by atoms with Gasteiger partial charge in [0.05, 0.1) is 11.9 Å². The summed E-state index contributed by atoms with van der Waals surface area (Å²) in [6, 6.07) is 28.4. The highest BCUT2D eigenvalue weighted by molar-refractivity contribution is 5.95. The van der Waals surface area contributed by atoms with Crippen molar-refractivity contribution < 1.29 is 9.90 Å². The minimum atomic E-state index is -0.300. The average Bonchev–Trinajstić information content (AvgIpc) is 3.16. The third-order valence-corrected chi connectivity index (χ3v) is 4.78. The predicted octanol–water partition coefficient (Wildman–Crippen LogP) is 4.92. The van der Waals surface area contributed by atoms with Crippen LogP contribution >= 0.6 is 0 Å². The van der Waals surface area contributed by atoms with Gasteiger partial charge in [0.1, 0.15) is 5.75 Å². The summed E-state index contributed by atoms with van der Waals surface area (Å²) in [5.41, 5.74) is 8.05. The van der Waals surface area contributed by atoms with E-state index in [0.29, 0.717) is 11.1 Å². The topological polar surface area (TPSA) is 66.6 Å². The summed E-state index contributed by atoms with van der Waals surface area (Å²) in [5.74, 6) is -0.151. The molecule has 2 N–H and O–H groups in total. The Hall–Kier alpha value is -4.12. The van der Waals surface area contributed by atoms with Crippen LogP contribution < -0.4 is 5.43 Å². The number of hydrogen-bond donors (Lipinski definition) is 2. The van der Waals surface area contributed by atoms with Gasteiger partial charge in [-0.15, -0.1) is 0 Å². The first-order valence-corrected chi connectivity index (χ1v) is 9.58. The zero-order valence-corrected chi connectivity index (χ0v) is 16.5. The van der Waals surface area contributed by atoms with Crippen molar-refractivity contribution in [3.63, 3.8) is 0 Å². The molecule has 1 amide bonds. The molecule has 0 fully saturated rings. The van der Waals surface area contributed by atoms with Crippen LogP contribution in [0, 0.1) is 6.92 Å². The molecule has 1 aromatic heterocycles. The van der Waals surface area contributed by atoms with Gasteiger partial charge in [0.25, 0.3) is 5.91 Å². The quantitative estimate of drug-likeness (QED) is 0.372. The van der Waals surface area contributed by atoms with Gasteiger partial charge in [-0.05, 0) is 66.6 Å². The molecule has 5 nitrogen and oxygen atoms in total. The maximum Gasteiger partial charge on any atom is 0.271 e. The fraction of sp³-hybridized carbons (Fsp3) is 0.0400. The van der Waals surface area contributed by atoms with Crippen molar-refractivity contribution in [2.45, 2.75) is 6.92 Å². The van der Waals surface area contributed by atoms with Gasteiger partial charge in [-0.2, -0.15) is 5.10 Å². The molecule has 0 aliphatic rings. The summed E-state index contributed by atoms with van der Waals surface area (Å²) in [6.45, 7) is 2.06. The summed E-state index contributed by atoms with van der Waals surface area (Å²) < 4.78 is 2.16. The number of aromatic hydroxyl groups is 1. The second-order valence-corrected chi connectivity index (χ2v) is 6.90. The Morgan fingerprint density at radius 1 is 0.933 bits per heavy atom. The largest absolute Gasteiger partial charge is 0.508 e. The van der Waals surface area contributed by atoms with Crippen molar-refractivity contribution in [3.8, 4) is 22.7 Å². The molecule has 3 aromatic carbocycles. The van der Waals surface area contributed by atoms with E-state index in [9.17, 15) is 9.90 Å². The first-order valence-electron chi connectivity index (χ1n) is 9.58. The Bertz CT molecular complexity index is 1190. The lowest BCUT2D eigenvalue weighted by atomic mass is 10.1. The maximum absolute atomic E-state index is 12.4. The Morgan fingerprint density at radius 2 is 1.70 bits per heavy atom. The molecule has 0 radical (unpaired) electrons. The molecule has 1 heterocycles. The Morgan fingerprint density at radius 3 is 2.43 bits per heavy atom. The standard InChI is InChI=1S/C25H21N3O2/c1-18-10-15-24(20-7-3-2-4-8-20)28(18)22-13-11-21(12-14-22)25(30)27-26-17-19-6-5-9-23(29)16-19/h2-17,29H,1H3,(H,27,30)/b26-17+. The number of hydrogen-bond acceptors (Lipinski definition) is 3. The molecule has 0 saturated carbocycles. The molecular weight excluding hydrogens is 374 g/mol. The van der Waals surface area contributed by atoms with E-state index in [1.54, 1.807) is 36.4 Å². The number of rotatable bonds is 5. The van der Waals surface area contributed by atoms with Crippen molar-refractivity contribution in [1.29, 1.82) is 0 Å². The fourth-order valence-electron chi connectivity index (χ4n) is 3.31. The van der Waals surface area contributed by atoms with Gasteiger partial charge in [0, 0.05) is 16.9 Å². The zero-order valence-electron chi connectivity index (χ0n) is 16.5. The summed E-state index contributed by atoms with van der Waals surface area (Å²) in [5, 5.41) is 13.4. The van der Waals surface area contributed by atoms with Gasteiger partial charge in [-0.3, -0.25) is 4.79 Å². The van der Waals surface area contributed by atoms with Crippen molar-refractivity contribution in [3.05, 3.63) is 108 Å². The normalized spacial score (nSPS) is 11.0. The van der Waals surface area contributed by atoms with Gasteiger partial charge in [0.15, 0.2) is 0 Å². The average molecular weight is 395 g/mol. The molecular formula is C25H21N3O2. The highest BCUT2D eigenvalue weighted by Crippen LogP contribution is 2.26. The number of phenols is 1. The minimum Gasteiger partial charge on any atom is -0.508 e. The van der Waals surface area contributed by atoms with Crippen LogP contribution in [0.15, 0.2) is 96.1 Å². The number of nitrogens with one attached hydrogen (secondary N) is 1. The van der Waals surface area contributed by atoms with E-state index in [4.69, 9.17) is 0 Å². The molecule has 0 saturated heterocycles. The van der Waals surface area contributed by atoms with Gasteiger partial charge in [-0.1, -0.05) is 42.5 Å². The summed E-state index contributed by atoms with van der Waals surface area (Å²) >= 11 is 0. The SMILES string of the molecule is Cc1ccc(-c2ccccc2)n1-c1ccc(C(=O)N/N=C/c2cccc(O)c2)cc1. The number of carbonyl (C=O) groups excluding carboxylic acids is 1. The van der Waals surface area contributed by atoms with Gasteiger partial charge >= 0.3 is 0 Å². The Labute approximate surface area is 174 Å². The van der Waals surface area contributed by atoms with Crippen LogP contribution in [0.3, 0.4) is 0 Å². The molecule has 148 valence electrons. The third-order valence-electron chi connectivity index (χ3n) is 4.78. The number of benzene rings is 3. The van der Waals surface area contributed by atoms with Crippen LogP contribution in [-0.4, -0.2) is 21.8 Å². The first kappa shape index (κ1) is 19.2. The number of phenolic OH excluding ortho intramolecular Hbond substituents is 1. The number of carbonyl (C=O) groups is 1. The van der Waals surface area contributed by atoms with E-state index in [1.165, 1.54) is 6.21 Å². The predicted molar refractivity (Wildman–Crippen MR) is 119 cm³/mol.